The van der Waals surface area contributed by atoms with Crippen LogP contribution in [0.5, 0.6) is 0 Å². The minimum Gasteiger partial charge on any atom is -0.480 e. The zero-order valence-corrected chi connectivity index (χ0v) is 12.2. The fraction of sp³-hybridized carbons (Fsp3) is 0.636. The summed E-state index contributed by atoms with van der Waals surface area (Å²) < 4.78 is 27.2. The second-order valence-electron chi connectivity index (χ2n) is 4.84. The third kappa shape index (κ3) is 4.91. The van der Waals surface area contributed by atoms with Gasteiger partial charge in [0.2, 0.25) is 10.0 Å². The minimum atomic E-state index is -3.81. The van der Waals surface area contributed by atoms with E-state index in [0.717, 1.165) is 23.5 Å². The number of carboxylic acid groups (broad SMARTS) is 1. The van der Waals surface area contributed by atoms with Crippen LogP contribution in [0.15, 0.2) is 17.3 Å². The van der Waals surface area contributed by atoms with Gasteiger partial charge in [-0.15, -0.1) is 0 Å². The molecule has 0 radical (unpaired) electrons. The highest BCUT2D eigenvalue weighted by molar-refractivity contribution is 7.89. The van der Waals surface area contributed by atoms with Gasteiger partial charge in [0.1, 0.15) is 11.4 Å². The molecule has 114 valence electrons. The molecular weight excluding hydrogens is 286 g/mol. The standard InChI is InChI=1S/C11H19N3O5S/c1-3-4-11(2,17)8-13-20(18,19)9-5-12-14(6-9)7-10(15)16/h5-6,13,17H,3-4,7-8H2,1-2H3,(H,15,16). The molecule has 1 rings (SSSR count). The van der Waals surface area contributed by atoms with Gasteiger partial charge in [0, 0.05) is 12.7 Å². The van der Waals surface area contributed by atoms with Crippen LogP contribution in [-0.4, -0.2) is 46.5 Å². The Morgan fingerprint density at radius 3 is 2.75 bits per heavy atom. The Bertz CT molecular complexity index is 564. The summed E-state index contributed by atoms with van der Waals surface area (Å²) in [5.41, 5.74) is -1.13. The summed E-state index contributed by atoms with van der Waals surface area (Å²) in [6, 6.07) is 0. The van der Waals surface area contributed by atoms with Crippen LogP contribution in [0.3, 0.4) is 0 Å². The Kier molecular flexibility index (Phi) is 5.26. The molecule has 1 unspecified atom stereocenters. The molecule has 0 bridgehead atoms. The molecule has 0 amide bonds. The van der Waals surface area contributed by atoms with Crippen molar-refractivity contribution in [2.24, 2.45) is 0 Å². The Balaban J connectivity index is 2.74. The van der Waals surface area contributed by atoms with Gasteiger partial charge in [-0.3, -0.25) is 9.48 Å². The van der Waals surface area contributed by atoms with Gasteiger partial charge >= 0.3 is 5.97 Å². The number of hydrogen-bond acceptors (Lipinski definition) is 5. The van der Waals surface area contributed by atoms with Crippen LogP contribution < -0.4 is 4.72 Å². The van der Waals surface area contributed by atoms with Crippen LogP contribution in [-0.2, 0) is 21.4 Å². The second kappa shape index (κ2) is 6.33. The van der Waals surface area contributed by atoms with E-state index in [1.165, 1.54) is 0 Å². The summed E-state index contributed by atoms with van der Waals surface area (Å²) in [5, 5.41) is 22.2. The van der Waals surface area contributed by atoms with Crippen LogP contribution in [0, 0.1) is 0 Å². The number of nitrogens with zero attached hydrogens (tertiary/aromatic N) is 2. The molecule has 1 atom stereocenters. The van der Waals surface area contributed by atoms with Gasteiger partial charge in [-0.1, -0.05) is 13.3 Å². The molecule has 0 saturated heterocycles. The number of carboxylic acids is 1. The summed E-state index contributed by atoms with van der Waals surface area (Å²) in [6.45, 7) is 2.90. The zero-order valence-electron chi connectivity index (χ0n) is 11.4. The van der Waals surface area contributed by atoms with E-state index in [9.17, 15) is 18.3 Å². The first-order valence-electron chi connectivity index (χ1n) is 6.12. The van der Waals surface area contributed by atoms with E-state index in [0.29, 0.717) is 6.42 Å². The molecule has 1 heterocycles. The molecule has 1 aromatic rings. The Morgan fingerprint density at radius 1 is 1.55 bits per heavy atom. The van der Waals surface area contributed by atoms with Crippen molar-refractivity contribution in [3.63, 3.8) is 0 Å². The molecule has 20 heavy (non-hydrogen) atoms. The van der Waals surface area contributed by atoms with Gasteiger partial charge in [0.25, 0.3) is 0 Å². The molecule has 9 heteroatoms. The summed E-state index contributed by atoms with van der Waals surface area (Å²) in [7, 11) is -3.81. The molecule has 0 aliphatic heterocycles. The van der Waals surface area contributed by atoms with Gasteiger partial charge in [-0.25, -0.2) is 13.1 Å². The maximum absolute atomic E-state index is 12.0. The maximum Gasteiger partial charge on any atom is 0.325 e. The average Bonchev–Trinajstić information content (AvgIpc) is 2.75. The molecule has 3 N–H and O–H groups in total. The van der Waals surface area contributed by atoms with E-state index < -0.39 is 28.1 Å². The van der Waals surface area contributed by atoms with Crippen LogP contribution in [0.2, 0.25) is 0 Å². The van der Waals surface area contributed by atoms with Crippen molar-refractivity contribution in [1.82, 2.24) is 14.5 Å². The predicted molar refractivity (Wildman–Crippen MR) is 70.6 cm³/mol. The number of rotatable bonds is 8. The first kappa shape index (κ1) is 16.6. The van der Waals surface area contributed by atoms with Crippen LogP contribution in [0.4, 0.5) is 0 Å². The van der Waals surface area contributed by atoms with E-state index in [1.54, 1.807) is 6.92 Å². The molecule has 0 aromatic carbocycles. The average molecular weight is 305 g/mol. The SMILES string of the molecule is CCCC(C)(O)CNS(=O)(=O)c1cnn(CC(=O)O)c1. The first-order chi connectivity index (χ1) is 9.16. The number of aromatic nitrogens is 2. The fourth-order valence-electron chi connectivity index (χ4n) is 1.67. The second-order valence-corrected chi connectivity index (χ2v) is 6.61. The molecule has 0 spiro atoms. The highest BCUT2D eigenvalue weighted by atomic mass is 32.2. The lowest BCUT2D eigenvalue weighted by molar-refractivity contribution is -0.137. The maximum atomic E-state index is 12.0. The number of aliphatic carboxylic acids is 1. The number of nitrogens with one attached hydrogen (secondary N) is 1. The monoisotopic (exact) mass is 305 g/mol. The first-order valence-corrected chi connectivity index (χ1v) is 7.61. The van der Waals surface area contributed by atoms with E-state index in [1.807, 2.05) is 6.92 Å². The smallest absolute Gasteiger partial charge is 0.325 e. The lowest BCUT2D eigenvalue weighted by atomic mass is 10.0. The molecular formula is C11H19N3O5S. The summed E-state index contributed by atoms with van der Waals surface area (Å²) in [6.07, 6.45) is 3.39. The van der Waals surface area contributed by atoms with Crippen LogP contribution >= 0.6 is 0 Å². The number of hydrogen-bond donors (Lipinski definition) is 3. The van der Waals surface area contributed by atoms with Crippen molar-refractivity contribution in [3.05, 3.63) is 12.4 Å². The Labute approximate surface area is 117 Å². The molecule has 0 saturated carbocycles. The van der Waals surface area contributed by atoms with E-state index in [-0.39, 0.29) is 11.4 Å². The predicted octanol–water partition coefficient (Wildman–Crippen LogP) is -0.203. The molecule has 0 fully saturated rings. The van der Waals surface area contributed by atoms with Crippen LogP contribution in [0.1, 0.15) is 26.7 Å². The third-order valence-electron chi connectivity index (χ3n) is 2.65. The quantitative estimate of drug-likeness (QED) is 0.611. The molecule has 8 nitrogen and oxygen atoms in total. The lowest BCUT2D eigenvalue weighted by Gasteiger charge is -2.22. The third-order valence-corrected chi connectivity index (χ3v) is 4.00. The van der Waals surface area contributed by atoms with E-state index >= 15 is 0 Å². The van der Waals surface area contributed by atoms with E-state index in [2.05, 4.69) is 9.82 Å². The zero-order chi connectivity index (χ0) is 15.4. The Morgan fingerprint density at radius 2 is 2.20 bits per heavy atom. The minimum absolute atomic E-state index is 0.118. The Hall–Kier alpha value is -1.45. The largest absolute Gasteiger partial charge is 0.480 e. The molecule has 0 aliphatic rings. The molecule has 1 aromatic heterocycles. The van der Waals surface area contributed by atoms with Gasteiger partial charge in [0.15, 0.2) is 0 Å². The highest BCUT2D eigenvalue weighted by Crippen LogP contribution is 2.13. The van der Waals surface area contributed by atoms with Crippen molar-refractivity contribution in [1.29, 1.82) is 0 Å². The van der Waals surface area contributed by atoms with Crippen molar-refractivity contribution >= 4 is 16.0 Å². The molecule has 0 aliphatic carbocycles. The van der Waals surface area contributed by atoms with Crippen molar-refractivity contribution < 1.29 is 23.4 Å². The van der Waals surface area contributed by atoms with Gasteiger partial charge in [-0.2, -0.15) is 5.10 Å². The van der Waals surface area contributed by atoms with Gasteiger partial charge in [-0.05, 0) is 13.3 Å². The fourth-order valence-corrected chi connectivity index (χ4v) is 2.78. The normalized spacial score (nSPS) is 14.9. The lowest BCUT2D eigenvalue weighted by Crippen LogP contribution is -2.40. The van der Waals surface area contributed by atoms with E-state index in [4.69, 9.17) is 5.11 Å². The number of aliphatic hydroxyl groups is 1. The van der Waals surface area contributed by atoms with Gasteiger partial charge in [0.05, 0.1) is 11.8 Å². The topological polar surface area (TPSA) is 122 Å². The summed E-state index contributed by atoms with van der Waals surface area (Å²) in [4.78, 5) is 10.4. The van der Waals surface area contributed by atoms with Crippen LogP contribution in [0.25, 0.3) is 0 Å². The van der Waals surface area contributed by atoms with Crippen molar-refractivity contribution in [2.75, 3.05) is 6.54 Å². The highest BCUT2D eigenvalue weighted by Gasteiger charge is 2.24. The van der Waals surface area contributed by atoms with Crippen molar-refractivity contribution in [2.45, 2.75) is 43.7 Å². The summed E-state index contributed by atoms with van der Waals surface area (Å²) >= 11 is 0. The van der Waals surface area contributed by atoms with Crippen molar-refractivity contribution in [3.8, 4) is 0 Å². The number of sulfonamides is 1. The number of carbonyl (C=O) groups is 1. The summed E-state index contributed by atoms with van der Waals surface area (Å²) in [5.74, 6) is -1.11. The van der Waals surface area contributed by atoms with Gasteiger partial charge < -0.3 is 10.2 Å².